The zero-order valence-corrected chi connectivity index (χ0v) is 18.1. The molecule has 6 nitrogen and oxygen atoms in total. The first-order valence-electron chi connectivity index (χ1n) is 10.4. The lowest BCUT2D eigenvalue weighted by Gasteiger charge is -2.40. The van der Waals surface area contributed by atoms with Crippen molar-refractivity contribution >= 4 is 17.5 Å². The summed E-state index contributed by atoms with van der Waals surface area (Å²) in [6.45, 7) is 4.98. The molecule has 0 N–H and O–H groups in total. The summed E-state index contributed by atoms with van der Waals surface area (Å²) in [7, 11) is 0. The Balaban J connectivity index is 1.61. The van der Waals surface area contributed by atoms with Crippen LogP contribution < -0.4 is 0 Å². The molecule has 0 spiro atoms. The predicted octanol–water partition coefficient (Wildman–Crippen LogP) is 4.50. The normalized spacial score (nSPS) is 19.1. The van der Waals surface area contributed by atoms with Crippen LogP contribution in [-0.2, 0) is 6.42 Å². The molecule has 0 saturated carbocycles. The number of benzene rings is 1. The number of piperidine rings is 1. The van der Waals surface area contributed by atoms with Crippen molar-refractivity contribution < 1.29 is 4.79 Å². The molecule has 3 aromatic rings. The summed E-state index contributed by atoms with van der Waals surface area (Å²) in [5, 5.41) is 9.14. The van der Waals surface area contributed by atoms with Gasteiger partial charge in [0.05, 0.1) is 28.7 Å². The van der Waals surface area contributed by atoms with Crippen molar-refractivity contribution in [1.82, 2.24) is 24.9 Å². The Morgan fingerprint density at radius 1 is 1.20 bits per heavy atom. The van der Waals surface area contributed by atoms with Crippen molar-refractivity contribution in [2.75, 3.05) is 6.54 Å². The lowest BCUT2D eigenvalue weighted by molar-refractivity contribution is 0.0498. The Kier molecular flexibility index (Phi) is 6.13. The molecule has 2 atom stereocenters. The molecule has 1 aliphatic rings. The zero-order valence-electron chi connectivity index (χ0n) is 17.3. The number of halogens is 1. The van der Waals surface area contributed by atoms with Gasteiger partial charge in [-0.1, -0.05) is 30.7 Å². The van der Waals surface area contributed by atoms with E-state index < -0.39 is 0 Å². The molecule has 30 heavy (non-hydrogen) atoms. The van der Waals surface area contributed by atoms with E-state index in [1.54, 1.807) is 18.6 Å². The maximum atomic E-state index is 13.8. The van der Waals surface area contributed by atoms with Gasteiger partial charge < -0.3 is 4.90 Å². The lowest BCUT2D eigenvalue weighted by Crippen LogP contribution is -2.48. The molecule has 1 amide bonds. The van der Waals surface area contributed by atoms with Crippen LogP contribution in [0.4, 0.5) is 0 Å². The Hall–Kier alpha value is -2.73. The highest BCUT2D eigenvalue weighted by molar-refractivity contribution is 6.30. The van der Waals surface area contributed by atoms with Crippen LogP contribution in [0.5, 0.6) is 0 Å². The average molecular weight is 424 g/mol. The minimum absolute atomic E-state index is 0.0565. The number of hydrogen-bond acceptors (Lipinski definition) is 4. The van der Waals surface area contributed by atoms with E-state index in [9.17, 15) is 4.79 Å². The SMILES string of the molecule is Cc1cccc(-n2nccn2)c1C(=O)N1CCC[C@@H](C)[C@H]1CCc1ccc(Cl)cn1. The first-order chi connectivity index (χ1) is 14.5. The first kappa shape index (κ1) is 20.5. The summed E-state index contributed by atoms with van der Waals surface area (Å²) in [6.07, 6.45) is 8.78. The smallest absolute Gasteiger partial charge is 0.256 e. The van der Waals surface area contributed by atoms with Crippen LogP contribution in [0.25, 0.3) is 5.69 Å². The topological polar surface area (TPSA) is 63.9 Å². The quantitative estimate of drug-likeness (QED) is 0.606. The molecule has 1 fully saturated rings. The summed E-state index contributed by atoms with van der Waals surface area (Å²) >= 11 is 5.96. The Morgan fingerprint density at radius 3 is 2.73 bits per heavy atom. The number of amides is 1. The highest BCUT2D eigenvalue weighted by Gasteiger charge is 2.34. The second-order valence-electron chi connectivity index (χ2n) is 7.98. The molecule has 156 valence electrons. The van der Waals surface area contributed by atoms with Crippen molar-refractivity contribution in [1.29, 1.82) is 0 Å². The number of aryl methyl sites for hydroxylation is 2. The van der Waals surface area contributed by atoms with Gasteiger partial charge in [0.2, 0.25) is 0 Å². The van der Waals surface area contributed by atoms with Crippen LogP contribution in [-0.4, -0.2) is 43.4 Å². The van der Waals surface area contributed by atoms with Gasteiger partial charge in [0, 0.05) is 24.5 Å². The molecular formula is C23H26ClN5O. The zero-order chi connectivity index (χ0) is 21.1. The van der Waals surface area contributed by atoms with Crippen LogP contribution >= 0.6 is 11.6 Å². The van der Waals surface area contributed by atoms with Gasteiger partial charge in [-0.25, -0.2) is 0 Å². The fraction of sp³-hybridized carbons (Fsp3) is 0.391. The molecule has 4 rings (SSSR count). The van der Waals surface area contributed by atoms with Gasteiger partial charge in [-0.15, -0.1) is 0 Å². The number of nitrogens with zero attached hydrogens (tertiary/aromatic N) is 5. The number of likely N-dealkylation sites (tertiary alicyclic amines) is 1. The minimum Gasteiger partial charge on any atom is -0.335 e. The van der Waals surface area contributed by atoms with Crippen molar-refractivity contribution in [2.45, 2.75) is 45.6 Å². The largest absolute Gasteiger partial charge is 0.335 e. The molecule has 1 aromatic carbocycles. The van der Waals surface area contributed by atoms with Crippen LogP contribution in [0.1, 0.15) is 47.8 Å². The molecule has 0 aliphatic carbocycles. The average Bonchev–Trinajstić information content (AvgIpc) is 3.28. The molecule has 0 bridgehead atoms. The summed E-state index contributed by atoms with van der Waals surface area (Å²) < 4.78 is 0. The fourth-order valence-corrected chi connectivity index (χ4v) is 4.48. The molecule has 1 saturated heterocycles. The molecule has 2 aromatic heterocycles. The maximum absolute atomic E-state index is 13.8. The van der Waals surface area contributed by atoms with Gasteiger partial charge in [0.15, 0.2) is 0 Å². The number of carbonyl (C=O) groups excluding carboxylic acids is 1. The molecule has 0 unspecified atom stereocenters. The van der Waals surface area contributed by atoms with E-state index in [1.807, 2.05) is 37.3 Å². The Bertz CT molecular complexity index is 1000. The highest BCUT2D eigenvalue weighted by atomic mass is 35.5. The van der Waals surface area contributed by atoms with Crippen LogP contribution in [0.3, 0.4) is 0 Å². The van der Waals surface area contributed by atoms with Gasteiger partial charge >= 0.3 is 0 Å². The van der Waals surface area contributed by atoms with Crippen molar-refractivity contribution in [3.8, 4) is 5.69 Å². The number of rotatable bonds is 5. The van der Waals surface area contributed by atoms with Crippen molar-refractivity contribution in [2.24, 2.45) is 5.92 Å². The Labute approximate surface area is 181 Å². The van der Waals surface area contributed by atoms with E-state index in [0.717, 1.165) is 49.2 Å². The third-order valence-corrected chi connectivity index (χ3v) is 6.18. The monoisotopic (exact) mass is 423 g/mol. The van der Waals surface area contributed by atoms with Gasteiger partial charge in [-0.2, -0.15) is 15.0 Å². The van der Waals surface area contributed by atoms with Gasteiger partial charge in [-0.3, -0.25) is 9.78 Å². The van der Waals surface area contributed by atoms with Crippen LogP contribution in [0.2, 0.25) is 5.02 Å². The maximum Gasteiger partial charge on any atom is 0.256 e. The molecule has 7 heteroatoms. The number of aromatic nitrogens is 4. The van der Waals surface area contributed by atoms with E-state index in [2.05, 4.69) is 27.0 Å². The van der Waals surface area contributed by atoms with E-state index in [1.165, 1.54) is 4.80 Å². The summed E-state index contributed by atoms with van der Waals surface area (Å²) in [4.78, 5) is 21.8. The standard InChI is InChI=1S/C23H26ClN5O/c1-16-6-4-14-28(20(16)11-10-19-9-8-18(24)15-25-19)23(30)22-17(2)5-3-7-21(22)29-26-12-13-27-29/h3,5,7-9,12-13,15-16,20H,4,6,10-11,14H2,1-2H3/t16-,20-/m1/s1. The van der Waals surface area contributed by atoms with E-state index in [-0.39, 0.29) is 11.9 Å². The molecule has 1 aliphatic heterocycles. The number of hydrogen-bond donors (Lipinski definition) is 0. The van der Waals surface area contributed by atoms with Gasteiger partial charge in [0.1, 0.15) is 0 Å². The molecule has 3 heterocycles. The summed E-state index contributed by atoms with van der Waals surface area (Å²) in [6, 6.07) is 9.81. The number of pyridine rings is 1. The second kappa shape index (κ2) is 8.96. The second-order valence-corrected chi connectivity index (χ2v) is 8.42. The summed E-state index contributed by atoms with van der Waals surface area (Å²) in [5.41, 5.74) is 3.34. The fourth-order valence-electron chi connectivity index (χ4n) is 4.37. The van der Waals surface area contributed by atoms with Crippen LogP contribution in [0, 0.1) is 12.8 Å². The first-order valence-corrected chi connectivity index (χ1v) is 10.8. The van der Waals surface area contributed by atoms with Crippen molar-refractivity contribution in [3.05, 3.63) is 70.8 Å². The van der Waals surface area contributed by atoms with E-state index >= 15 is 0 Å². The van der Waals surface area contributed by atoms with E-state index in [0.29, 0.717) is 16.5 Å². The van der Waals surface area contributed by atoms with Crippen molar-refractivity contribution in [3.63, 3.8) is 0 Å². The van der Waals surface area contributed by atoms with Gasteiger partial charge in [0.25, 0.3) is 5.91 Å². The highest BCUT2D eigenvalue weighted by Crippen LogP contribution is 2.30. The van der Waals surface area contributed by atoms with E-state index in [4.69, 9.17) is 11.6 Å². The van der Waals surface area contributed by atoms with Gasteiger partial charge in [-0.05, 0) is 62.3 Å². The minimum atomic E-state index is 0.0565. The number of carbonyl (C=O) groups is 1. The third-order valence-electron chi connectivity index (χ3n) is 5.96. The molecule has 0 radical (unpaired) electrons. The predicted molar refractivity (Wildman–Crippen MR) is 117 cm³/mol. The third kappa shape index (κ3) is 4.24. The Morgan fingerprint density at radius 2 is 2.00 bits per heavy atom. The summed E-state index contributed by atoms with van der Waals surface area (Å²) in [5.74, 6) is 0.492. The lowest BCUT2D eigenvalue weighted by atomic mass is 9.86. The van der Waals surface area contributed by atoms with Crippen LogP contribution in [0.15, 0.2) is 48.9 Å². The molecular weight excluding hydrogens is 398 g/mol.